The molecule has 0 aromatic heterocycles. The van der Waals surface area contributed by atoms with Crippen LogP contribution in [-0.2, 0) is 4.79 Å². The zero-order valence-electron chi connectivity index (χ0n) is 33.8. The van der Waals surface area contributed by atoms with Gasteiger partial charge in [0, 0.05) is 6.42 Å². The van der Waals surface area contributed by atoms with E-state index in [1.807, 2.05) is 6.08 Å². The minimum Gasteiger partial charge on any atom is -0.394 e. The predicted octanol–water partition coefficient (Wildman–Crippen LogP) is 13.5. The first-order valence-corrected chi connectivity index (χ1v) is 21.5. The van der Waals surface area contributed by atoms with Gasteiger partial charge in [-0.1, -0.05) is 195 Å². The zero-order chi connectivity index (χ0) is 37.8. The fraction of sp³-hybridized carbons (Fsp3) is 0.646. The van der Waals surface area contributed by atoms with Crippen molar-refractivity contribution in [3.63, 3.8) is 0 Å². The molecule has 0 aliphatic heterocycles. The number of nitrogens with one attached hydrogen (secondary N) is 1. The monoisotopic (exact) mass is 720 g/mol. The summed E-state index contributed by atoms with van der Waals surface area (Å²) in [5.74, 6) is -0.0774. The predicted molar refractivity (Wildman–Crippen MR) is 230 cm³/mol. The average molecular weight is 720 g/mol. The highest BCUT2D eigenvalue weighted by atomic mass is 16.3. The van der Waals surface area contributed by atoms with Gasteiger partial charge in [0.2, 0.25) is 5.91 Å². The highest BCUT2D eigenvalue weighted by Crippen LogP contribution is 2.13. The lowest BCUT2D eigenvalue weighted by molar-refractivity contribution is -0.123. The van der Waals surface area contributed by atoms with Crippen molar-refractivity contribution in [3.8, 4) is 0 Å². The normalized spacial score (nSPS) is 14.0. The SMILES string of the molecule is CC/C=C\C/C=C\C/C=C\C/C=C\C/C=C\C/C=C\C/C=C\CCCCCCCCCCCCCC(=O)NC(CO)C(O)/C=C/CCCCCCC. The van der Waals surface area contributed by atoms with Gasteiger partial charge in [0.15, 0.2) is 0 Å². The fourth-order valence-electron chi connectivity index (χ4n) is 5.80. The van der Waals surface area contributed by atoms with E-state index in [2.05, 4.69) is 104 Å². The summed E-state index contributed by atoms with van der Waals surface area (Å²) in [6.45, 7) is 4.12. The number of aliphatic hydroxyl groups excluding tert-OH is 2. The molecule has 0 spiro atoms. The second kappa shape index (κ2) is 42.7. The van der Waals surface area contributed by atoms with Crippen LogP contribution in [0.2, 0.25) is 0 Å². The minimum atomic E-state index is -0.842. The standard InChI is InChI=1S/C48H81NO3/c1-3-5-7-9-11-12-13-14-15-16-17-18-19-20-21-22-23-24-25-26-27-28-29-30-31-32-33-34-35-36-38-40-42-44-48(52)49-46(45-50)47(51)43-41-39-37-10-8-6-4-2/h5,7,11-12,14-15,17-18,20-21,23-24,26-27,41,43,46-47,50-51H,3-4,6,8-10,13,16,19,22,25,28-40,42,44-45H2,1-2H3,(H,49,52)/b7-5-,12-11-,15-14-,18-17-,21-20-,24-23-,27-26-,43-41+. The Morgan fingerprint density at radius 2 is 0.846 bits per heavy atom. The summed E-state index contributed by atoms with van der Waals surface area (Å²) in [6, 6.07) is -0.626. The van der Waals surface area contributed by atoms with Crippen LogP contribution in [0, 0.1) is 0 Å². The number of carbonyl (C=O) groups is 1. The first-order valence-electron chi connectivity index (χ1n) is 21.5. The van der Waals surface area contributed by atoms with Crippen LogP contribution in [0.1, 0.15) is 181 Å². The second-order valence-electron chi connectivity index (χ2n) is 14.0. The number of rotatable bonds is 37. The third-order valence-corrected chi connectivity index (χ3v) is 9.07. The molecule has 0 aliphatic rings. The van der Waals surface area contributed by atoms with E-state index >= 15 is 0 Å². The van der Waals surface area contributed by atoms with E-state index in [-0.39, 0.29) is 12.5 Å². The van der Waals surface area contributed by atoms with E-state index in [0.717, 1.165) is 70.6 Å². The topological polar surface area (TPSA) is 69.6 Å². The van der Waals surface area contributed by atoms with Gasteiger partial charge < -0.3 is 15.5 Å². The van der Waals surface area contributed by atoms with Gasteiger partial charge in [0.25, 0.3) is 0 Å². The van der Waals surface area contributed by atoms with Crippen LogP contribution in [0.25, 0.3) is 0 Å². The molecule has 4 nitrogen and oxygen atoms in total. The van der Waals surface area contributed by atoms with Crippen LogP contribution in [0.4, 0.5) is 0 Å². The lowest BCUT2D eigenvalue weighted by Crippen LogP contribution is -2.45. The maximum Gasteiger partial charge on any atom is 0.220 e. The largest absolute Gasteiger partial charge is 0.394 e. The maximum absolute atomic E-state index is 12.3. The van der Waals surface area contributed by atoms with E-state index < -0.39 is 12.1 Å². The number of hydrogen-bond acceptors (Lipinski definition) is 3. The van der Waals surface area contributed by atoms with Crippen molar-refractivity contribution in [2.24, 2.45) is 0 Å². The Hall–Kier alpha value is -2.69. The van der Waals surface area contributed by atoms with Crippen molar-refractivity contribution >= 4 is 5.91 Å². The van der Waals surface area contributed by atoms with Gasteiger partial charge in [0.05, 0.1) is 18.8 Å². The quantitative estimate of drug-likeness (QED) is 0.0442. The summed E-state index contributed by atoms with van der Waals surface area (Å²) < 4.78 is 0. The molecule has 296 valence electrons. The van der Waals surface area contributed by atoms with Crippen molar-refractivity contribution in [2.75, 3.05) is 6.61 Å². The Kier molecular flexibility index (Phi) is 40.5. The molecule has 0 aliphatic carbocycles. The first kappa shape index (κ1) is 49.3. The lowest BCUT2D eigenvalue weighted by Gasteiger charge is -2.20. The van der Waals surface area contributed by atoms with Crippen LogP contribution in [-0.4, -0.2) is 34.9 Å². The molecular formula is C48H81NO3. The van der Waals surface area contributed by atoms with Gasteiger partial charge in [0.1, 0.15) is 0 Å². The molecule has 0 bridgehead atoms. The molecule has 0 heterocycles. The van der Waals surface area contributed by atoms with Crippen LogP contribution in [0.15, 0.2) is 97.2 Å². The van der Waals surface area contributed by atoms with E-state index in [4.69, 9.17) is 0 Å². The summed E-state index contributed by atoms with van der Waals surface area (Å²) in [5, 5.41) is 22.7. The lowest BCUT2D eigenvalue weighted by atomic mass is 10.0. The van der Waals surface area contributed by atoms with Crippen molar-refractivity contribution in [1.82, 2.24) is 5.32 Å². The Morgan fingerprint density at radius 3 is 1.27 bits per heavy atom. The third-order valence-electron chi connectivity index (χ3n) is 9.07. The summed E-state index contributed by atoms with van der Waals surface area (Å²) in [4.78, 5) is 12.3. The van der Waals surface area contributed by atoms with Crippen molar-refractivity contribution in [1.29, 1.82) is 0 Å². The molecule has 2 atom stereocenters. The molecule has 0 fully saturated rings. The number of hydrogen-bond donors (Lipinski definition) is 3. The van der Waals surface area contributed by atoms with Crippen LogP contribution in [0.5, 0.6) is 0 Å². The van der Waals surface area contributed by atoms with Crippen LogP contribution >= 0.6 is 0 Å². The van der Waals surface area contributed by atoms with Gasteiger partial charge >= 0.3 is 0 Å². The number of amides is 1. The van der Waals surface area contributed by atoms with Gasteiger partial charge in [-0.15, -0.1) is 0 Å². The van der Waals surface area contributed by atoms with E-state index in [9.17, 15) is 15.0 Å². The Labute approximate surface area is 322 Å². The molecule has 0 saturated heterocycles. The average Bonchev–Trinajstić information content (AvgIpc) is 3.15. The smallest absolute Gasteiger partial charge is 0.220 e. The van der Waals surface area contributed by atoms with Crippen molar-refractivity contribution < 1.29 is 15.0 Å². The van der Waals surface area contributed by atoms with Crippen LogP contribution < -0.4 is 5.32 Å². The minimum absolute atomic E-state index is 0.0774. The summed E-state index contributed by atoms with van der Waals surface area (Å²) >= 11 is 0. The molecule has 52 heavy (non-hydrogen) atoms. The molecule has 2 unspecified atom stereocenters. The molecule has 3 N–H and O–H groups in total. The van der Waals surface area contributed by atoms with Gasteiger partial charge in [-0.05, 0) is 77.0 Å². The summed E-state index contributed by atoms with van der Waals surface area (Å²) in [7, 11) is 0. The molecule has 0 aromatic carbocycles. The number of unbranched alkanes of at least 4 members (excludes halogenated alkanes) is 16. The number of allylic oxidation sites excluding steroid dienone is 15. The summed E-state index contributed by atoms with van der Waals surface area (Å²) in [6.07, 6.45) is 63.9. The second-order valence-corrected chi connectivity index (χ2v) is 14.0. The molecular weight excluding hydrogens is 639 g/mol. The molecule has 0 saturated carbocycles. The van der Waals surface area contributed by atoms with Gasteiger partial charge in [-0.3, -0.25) is 4.79 Å². The summed E-state index contributed by atoms with van der Waals surface area (Å²) in [5.41, 5.74) is 0. The first-order chi connectivity index (χ1) is 25.7. The molecule has 1 amide bonds. The number of carbonyl (C=O) groups excluding carboxylic acids is 1. The van der Waals surface area contributed by atoms with Crippen molar-refractivity contribution in [3.05, 3.63) is 97.2 Å². The Morgan fingerprint density at radius 1 is 0.481 bits per heavy atom. The Balaban J connectivity index is 3.56. The van der Waals surface area contributed by atoms with E-state index in [1.54, 1.807) is 6.08 Å². The molecule has 0 radical (unpaired) electrons. The number of aliphatic hydroxyl groups is 2. The van der Waals surface area contributed by atoms with Gasteiger partial charge in [-0.25, -0.2) is 0 Å². The van der Waals surface area contributed by atoms with Crippen LogP contribution in [0.3, 0.4) is 0 Å². The van der Waals surface area contributed by atoms with Gasteiger partial charge in [-0.2, -0.15) is 0 Å². The zero-order valence-corrected chi connectivity index (χ0v) is 33.8. The highest BCUT2D eigenvalue weighted by Gasteiger charge is 2.17. The van der Waals surface area contributed by atoms with Crippen molar-refractivity contribution in [2.45, 2.75) is 193 Å². The highest BCUT2D eigenvalue weighted by molar-refractivity contribution is 5.76. The van der Waals surface area contributed by atoms with E-state index in [0.29, 0.717) is 6.42 Å². The maximum atomic E-state index is 12.3. The molecule has 0 rings (SSSR count). The fourth-order valence-corrected chi connectivity index (χ4v) is 5.80. The Bertz CT molecular complexity index is 999. The third kappa shape index (κ3) is 38.5. The molecule has 0 aromatic rings. The van der Waals surface area contributed by atoms with E-state index in [1.165, 1.54) is 89.9 Å². The molecule has 4 heteroatoms.